The van der Waals surface area contributed by atoms with Crippen molar-refractivity contribution in [3.63, 3.8) is 0 Å². The second-order valence-corrected chi connectivity index (χ2v) is 6.04. The third-order valence-electron chi connectivity index (χ3n) is 4.27. The largest absolute Gasteiger partial charge is 0.478 e. The average molecular weight is 365 g/mol. The lowest BCUT2D eigenvalue weighted by Gasteiger charge is -2.09. The number of benzene rings is 2. The minimum absolute atomic E-state index is 0.0371. The summed E-state index contributed by atoms with van der Waals surface area (Å²) in [4.78, 5) is 38.4. The van der Waals surface area contributed by atoms with Crippen LogP contribution >= 0.6 is 0 Å². The lowest BCUT2D eigenvalue weighted by atomic mass is 10.1. The van der Waals surface area contributed by atoms with Crippen LogP contribution < -0.4 is 16.2 Å². The van der Waals surface area contributed by atoms with E-state index in [1.54, 1.807) is 31.3 Å². The predicted molar refractivity (Wildman–Crippen MR) is 104 cm³/mol. The van der Waals surface area contributed by atoms with Crippen LogP contribution in [0, 0.1) is 0 Å². The Bertz CT molecular complexity index is 1070. The first-order chi connectivity index (χ1) is 13.0. The van der Waals surface area contributed by atoms with Gasteiger partial charge in [-0.05, 0) is 36.2 Å². The number of pyridine rings is 1. The summed E-state index contributed by atoms with van der Waals surface area (Å²) in [6, 6.07) is 13.6. The summed E-state index contributed by atoms with van der Waals surface area (Å²) in [5.74, 6) is -1.47. The van der Waals surface area contributed by atoms with Gasteiger partial charge in [-0.3, -0.25) is 9.59 Å². The van der Waals surface area contributed by atoms with E-state index in [1.165, 1.54) is 6.07 Å². The topological polar surface area (TPSA) is 111 Å². The molecule has 1 aromatic heterocycles. The van der Waals surface area contributed by atoms with E-state index in [-0.39, 0.29) is 17.7 Å². The van der Waals surface area contributed by atoms with Gasteiger partial charge in [0, 0.05) is 19.0 Å². The van der Waals surface area contributed by atoms with E-state index < -0.39 is 17.4 Å². The second kappa shape index (κ2) is 7.74. The van der Waals surface area contributed by atoms with Crippen LogP contribution in [0.25, 0.3) is 10.9 Å². The molecule has 7 heteroatoms. The Morgan fingerprint density at radius 3 is 2.63 bits per heavy atom. The lowest BCUT2D eigenvalue weighted by molar-refractivity contribution is 0.0696. The SMILES string of the molecule is CNc1cccc2cc(C(=O)NCCc3cccc(C(=O)O)c3)c(=O)[nH]c12. The lowest BCUT2D eigenvalue weighted by Crippen LogP contribution is -2.31. The van der Waals surface area contributed by atoms with Crippen molar-refractivity contribution in [1.29, 1.82) is 0 Å². The molecule has 0 saturated heterocycles. The number of carboxylic acids is 1. The smallest absolute Gasteiger partial charge is 0.335 e. The molecular weight excluding hydrogens is 346 g/mol. The normalized spacial score (nSPS) is 10.6. The first kappa shape index (κ1) is 18.2. The summed E-state index contributed by atoms with van der Waals surface area (Å²) < 4.78 is 0. The molecule has 3 aromatic rings. The third-order valence-corrected chi connectivity index (χ3v) is 4.27. The van der Waals surface area contributed by atoms with Crippen molar-refractivity contribution >= 4 is 28.5 Å². The Labute approximate surface area is 155 Å². The summed E-state index contributed by atoms with van der Waals surface area (Å²) in [6.45, 7) is 0.288. The minimum atomic E-state index is -0.996. The van der Waals surface area contributed by atoms with Crippen LogP contribution in [-0.4, -0.2) is 35.6 Å². The molecule has 0 fully saturated rings. The van der Waals surface area contributed by atoms with Gasteiger partial charge in [-0.25, -0.2) is 4.79 Å². The van der Waals surface area contributed by atoms with E-state index in [0.717, 1.165) is 16.6 Å². The Morgan fingerprint density at radius 2 is 1.89 bits per heavy atom. The average Bonchev–Trinajstić information content (AvgIpc) is 2.67. The number of amides is 1. The van der Waals surface area contributed by atoms with Gasteiger partial charge >= 0.3 is 5.97 Å². The predicted octanol–water partition coefficient (Wildman–Crippen LogP) is 2.24. The molecule has 3 rings (SSSR count). The zero-order chi connectivity index (χ0) is 19.4. The molecule has 1 heterocycles. The zero-order valence-electron chi connectivity index (χ0n) is 14.7. The molecule has 0 saturated carbocycles. The summed E-state index contributed by atoms with van der Waals surface area (Å²) in [7, 11) is 1.76. The Kier molecular flexibility index (Phi) is 5.21. The second-order valence-electron chi connectivity index (χ2n) is 6.04. The van der Waals surface area contributed by atoms with Crippen molar-refractivity contribution in [3.05, 3.63) is 75.6 Å². The third kappa shape index (κ3) is 3.98. The number of hydrogen-bond donors (Lipinski definition) is 4. The molecule has 0 aliphatic rings. The van der Waals surface area contributed by atoms with Gasteiger partial charge in [0.05, 0.1) is 16.8 Å². The van der Waals surface area contributed by atoms with E-state index >= 15 is 0 Å². The van der Waals surface area contributed by atoms with Crippen LogP contribution in [0.3, 0.4) is 0 Å². The highest BCUT2D eigenvalue weighted by atomic mass is 16.4. The molecule has 0 radical (unpaired) electrons. The van der Waals surface area contributed by atoms with E-state index in [0.29, 0.717) is 11.9 Å². The number of carbonyl (C=O) groups excluding carboxylic acids is 1. The first-order valence-corrected chi connectivity index (χ1v) is 8.44. The number of aromatic carboxylic acids is 1. The van der Waals surface area contributed by atoms with Gasteiger partial charge in [0.25, 0.3) is 11.5 Å². The fraction of sp³-hybridized carbons (Fsp3) is 0.150. The molecule has 1 amide bonds. The number of para-hydroxylation sites is 1. The molecule has 0 unspecified atom stereocenters. The van der Waals surface area contributed by atoms with Crippen LogP contribution in [-0.2, 0) is 6.42 Å². The molecule has 7 nitrogen and oxygen atoms in total. The van der Waals surface area contributed by atoms with Crippen molar-refractivity contribution in [2.75, 3.05) is 18.9 Å². The van der Waals surface area contributed by atoms with Crippen molar-refractivity contribution < 1.29 is 14.7 Å². The molecule has 4 N–H and O–H groups in total. The van der Waals surface area contributed by atoms with Crippen LogP contribution in [0.4, 0.5) is 5.69 Å². The summed E-state index contributed by atoms with van der Waals surface area (Å²) in [6.07, 6.45) is 0.461. The van der Waals surface area contributed by atoms with E-state index in [4.69, 9.17) is 5.11 Å². The van der Waals surface area contributed by atoms with Crippen molar-refractivity contribution in [3.8, 4) is 0 Å². The monoisotopic (exact) mass is 365 g/mol. The highest BCUT2D eigenvalue weighted by Crippen LogP contribution is 2.20. The van der Waals surface area contributed by atoms with Crippen molar-refractivity contribution in [1.82, 2.24) is 10.3 Å². The minimum Gasteiger partial charge on any atom is -0.478 e. The van der Waals surface area contributed by atoms with Gasteiger partial charge < -0.3 is 20.7 Å². The molecule has 0 bridgehead atoms. The fourth-order valence-electron chi connectivity index (χ4n) is 2.88. The Balaban J connectivity index is 1.73. The van der Waals surface area contributed by atoms with Crippen LogP contribution in [0.5, 0.6) is 0 Å². The Hall–Kier alpha value is -3.61. The van der Waals surface area contributed by atoms with Gasteiger partial charge in [-0.1, -0.05) is 24.3 Å². The number of hydrogen-bond acceptors (Lipinski definition) is 4. The molecule has 2 aromatic carbocycles. The standard InChI is InChI=1S/C20H19N3O4/c1-21-16-7-3-5-13-11-15(19(25)23-17(13)16)18(24)22-9-8-12-4-2-6-14(10-12)20(26)27/h2-7,10-11,21H,8-9H2,1H3,(H,22,24)(H,23,25)(H,26,27). The molecule has 27 heavy (non-hydrogen) atoms. The van der Waals surface area contributed by atoms with E-state index in [9.17, 15) is 14.4 Å². The van der Waals surface area contributed by atoms with Gasteiger partial charge in [-0.15, -0.1) is 0 Å². The number of aromatic nitrogens is 1. The molecule has 138 valence electrons. The molecule has 0 atom stereocenters. The number of H-pyrrole nitrogens is 1. The summed E-state index contributed by atoms with van der Waals surface area (Å²) in [5.41, 5.74) is 1.99. The maximum Gasteiger partial charge on any atom is 0.335 e. The molecule has 0 aliphatic heterocycles. The highest BCUT2D eigenvalue weighted by Gasteiger charge is 2.13. The van der Waals surface area contributed by atoms with Gasteiger partial charge in [0.2, 0.25) is 0 Å². The van der Waals surface area contributed by atoms with Gasteiger partial charge in [0.15, 0.2) is 0 Å². The van der Waals surface area contributed by atoms with Crippen molar-refractivity contribution in [2.45, 2.75) is 6.42 Å². The molecular formula is C20H19N3O4. The number of aromatic amines is 1. The number of carbonyl (C=O) groups is 2. The summed E-state index contributed by atoms with van der Waals surface area (Å²) in [5, 5.41) is 15.5. The number of nitrogens with one attached hydrogen (secondary N) is 3. The number of carboxylic acid groups (broad SMARTS) is 1. The van der Waals surface area contributed by atoms with E-state index in [2.05, 4.69) is 15.6 Å². The molecule has 0 spiro atoms. The molecule has 0 aliphatic carbocycles. The van der Waals surface area contributed by atoms with Crippen LogP contribution in [0.1, 0.15) is 26.3 Å². The fourth-order valence-corrected chi connectivity index (χ4v) is 2.88. The quantitative estimate of drug-likeness (QED) is 0.535. The van der Waals surface area contributed by atoms with Crippen LogP contribution in [0.2, 0.25) is 0 Å². The van der Waals surface area contributed by atoms with E-state index in [1.807, 2.05) is 18.2 Å². The number of fused-ring (bicyclic) bond motifs is 1. The Morgan fingerprint density at radius 1 is 1.11 bits per heavy atom. The number of rotatable bonds is 6. The maximum absolute atomic E-state index is 12.4. The zero-order valence-corrected chi connectivity index (χ0v) is 14.7. The van der Waals surface area contributed by atoms with Gasteiger partial charge in [-0.2, -0.15) is 0 Å². The maximum atomic E-state index is 12.4. The van der Waals surface area contributed by atoms with Crippen molar-refractivity contribution in [2.24, 2.45) is 0 Å². The number of anilines is 1. The van der Waals surface area contributed by atoms with Gasteiger partial charge in [0.1, 0.15) is 5.56 Å². The highest BCUT2D eigenvalue weighted by molar-refractivity contribution is 5.99. The summed E-state index contributed by atoms with van der Waals surface area (Å²) >= 11 is 0. The van der Waals surface area contributed by atoms with Crippen LogP contribution in [0.15, 0.2) is 53.3 Å². The first-order valence-electron chi connectivity index (χ1n) is 8.44.